The van der Waals surface area contributed by atoms with E-state index in [1.54, 1.807) is 10.3 Å². The van der Waals surface area contributed by atoms with E-state index in [0.717, 1.165) is 11.4 Å². The number of carbonyl (C=O) groups excluding carboxylic acids is 1. The van der Waals surface area contributed by atoms with E-state index < -0.39 is 10.0 Å². The first-order valence-corrected chi connectivity index (χ1v) is 13.2. The second kappa shape index (κ2) is 8.92. The van der Waals surface area contributed by atoms with Gasteiger partial charge in [-0.3, -0.25) is 4.79 Å². The molecule has 0 unspecified atom stereocenters. The molecule has 0 saturated heterocycles. The molecule has 2 heterocycles. The topological polar surface area (TPSA) is 69.7 Å². The van der Waals surface area contributed by atoms with Gasteiger partial charge >= 0.3 is 0 Å². The van der Waals surface area contributed by atoms with Crippen molar-refractivity contribution in [2.45, 2.75) is 30.8 Å². The van der Waals surface area contributed by atoms with Crippen molar-refractivity contribution >= 4 is 61.8 Å². The molecule has 6 nitrogen and oxygen atoms in total. The van der Waals surface area contributed by atoms with Crippen LogP contribution in [0.2, 0.25) is 10.0 Å². The number of fused-ring (bicyclic) bond motifs is 1. The van der Waals surface area contributed by atoms with Gasteiger partial charge in [0.25, 0.3) is 5.91 Å². The predicted octanol–water partition coefficient (Wildman–Crippen LogP) is 5.73. The Balaban J connectivity index is 1.59. The van der Waals surface area contributed by atoms with Crippen LogP contribution in [0.15, 0.2) is 58.8 Å². The van der Waals surface area contributed by atoms with Crippen molar-refractivity contribution in [3.05, 3.63) is 74.4 Å². The highest BCUT2D eigenvalue weighted by atomic mass is 35.5. The highest BCUT2D eigenvalue weighted by Crippen LogP contribution is 2.38. The van der Waals surface area contributed by atoms with Gasteiger partial charge in [-0.25, -0.2) is 8.42 Å². The van der Waals surface area contributed by atoms with Crippen molar-refractivity contribution in [1.29, 1.82) is 0 Å². The molecule has 33 heavy (non-hydrogen) atoms. The molecular weight excluding hydrogens is 501 g/mol. The van der Waals surface area contributed by atoms with E-state index in [2.05, 4.69) is 5.32 Å². The fraction of sp³-hybridized carbons (Fsp3) is 0.261. The minimum Gasteiger partial charge on any atom is -0.377 e. The van der Waals surface area contributed by atoms with Crippen LogP contribution >= 0.6 is 34.5 Å². The van der Waals surface area contributed by atoms with Gasteiger partial charge in [-0.2, -0.15) is 4.31 Å². The van der Waals surface area contributed by atoms with E-state index in [1.807, 2.05) is 38.1 Å². The number of sulfonamides is 1. The Morgan fingerprint density at radius 1 is 1.15 bits per heavy atom. The fourth-order valence-electron chi connectivity index (χ4n) is 3.74. The summed E-state index contributed by atoms with van der Waals surface area (Å²) in [5.41, 5.74) is 1.93. The lowest BCUT2D eigenvalue weighted by Crippen LogP contribution is -2.50. The lowest BCUT2D eigenvalue weighted by atomic mass is 9.99. The molecule has 4 rings (SSSR count). The summed E-state index contributed by atoms with van der Waals surface area (Å²) in [7, 11) is -2.26. The van der Waals surface area contributed by atoms with E-state index in [9.17, 15) is 13.2 Å². The summed E-state index contributed by atoms with van der Waals surface area (Å²) >= 11 is 13.7. The molecule has 1 aromatic heterocycles. The van der Waals surface area contributed by atoms with Crippen molar-refractivity contribution in [1.82, 2.24) is 4.31 Å². The molecule has 1 aliphatic rings. The zero-order valence-corrected chi connectivity index (χ0v) is 21.4. The molecule has 2 aromatic carbocycles. The van der Waals surface area contributed by atoms with Crippen LogP contribution in [-0.2, 0) is 16.6 Å². The van der Waals surface area contributed by atoms with Crippen LogP contribution in [0.5, 0.6) is 0 Å². The number of nitrogens with one attached hydrogen (secondary N) is 1. The Hall–Kier alpha value is -2.10. The van der Waals surface area contributed by atoms with Crippen LogP contribution in [0.3, 0.4) is 0 Å². The number of benzene rings is 2. The van der Waals surface area contributed by atoms with Gasteiger partial charge in [-0.1, -0.05) is 35.3 Å². The van der Waals surface area contributed by atoms with Crippen molar-refractivity contribution in [3.63, 3.8) is 0 Å². The number of para-hydroxylation sites is 2. The molecule has 1 amide bonds. The van der Waals surface area contributed by atoms with Gasteiger partial charge in [0.15, 0.2) is 0 Å². The smallest absolute Gasteiger partial charge is 0.270 e. The van der Waals surface area contributed by atoms with Gasteiger partial charge in [0.2, 0.25) is 10.0 Å². The van der Waals surface area contributed by atoms with Gasteiger partial charge < -0.3 is 10.2 Å². The highest BCUT2D eigenvalue weighted by Gasteiger charge is 2.35. The standard InChI is InChI=1S/C23H23Cl2N3O3S2/c1-23(2)14-28(19-7-5-4-6-18(19)26-23)22(29)21-20(25)15(13-32-21)12-27(3)33(30,31)17-10-8-16(24)9-11-17/h4-11,13,26H,12,14H2,1-3H3. The molecular formula is C23H23Cl2N3O3S2. The Morgan fingerprint density at radius 2 is 1.82 bits per heavy atom. The minimum atomic E-state index is -3.74. The average Bonchev–Trinajstić information content (AvgIpc) is 3.12. The Labute approximate surface area is 207 Å². The molecule has 0 bridgehead atoms. The molecule has 1 N–H and O–H groups in total. The van der Waals surface area contributed by atoms with Crippen LogP contribution in [0, 0.1) is 0 Å². The van der Waals surface area contributed by atoms with Crippen LogP contribution in [0.25, 0.3) is 0 Å². The van der Waals surface area contributed by atoms with E-state index >= 15 is 0 Å². The zero-order valence-electron chi connectivity index (χ0n) is 18.3. The molecule has 10 heteroatoms. The van der Waals surface area contributed by atoms with Crippen molar-refractivity contribution < 1.29 is 13.2 Å². The first-order chi connectivity index (χ1) is 15.5. The van der Waals surface area contributed by atoms with Crippen molar-refractivity contribution in [2.24, 2.45) is 0 Å². The number of amides is 1. The summed E-state index contributed by atoms with van der Waals surface area (Å²) in [5, 5.41) is 5.92. The zero-order chi connectivity index (χ0) is 24.0. The number of halogens is 2. The molecule has 0 radical (unpaired) electrons. The first kappa shape index (κ1) is 24.0. The molecule has 1 aliphatic heterocycles. The lowest BCUT2D eigenvalue weighted by Gasteiger charge is -2.40. The van der Waals surface area contributed by atoms with Crippen LogP contribution in [0.4, 0.5) is 11.4 Å². The summed E-state index contributed by atoms with van der Waals surface area (Å²) in [4.78, 5) is 15.7. The Morgan fingerprint density at radius 3 is 2.52 bits per heavy atom. The largest absolute Gasteiger partial charge is 0.377 e. The van der Waals surface area contributed by atoms with Gasteiger partial charge in [0.1, 0.15) is 4.88 Å². The molecule has 0 saturated carbocycles. The van der Waals surface area contributed by atoms with E-state index in [0.29, 0.717) is 22.0 Å². The van der Waals surface area contributed by atoms with E-state index in [-0.39, 0.29) is 27.9 Å². The summed E-state index contributed by atoms with van der Waals surface area (Å²) in [6.07, 6.45) is 0. The lowest BCUT2D eigenvalue weighted by molar-refractivity contribution is 0.0985. The maximum atomic E-state index is 13.5. The average molecular weight is 524 g/mol. The maximum Gasteiger partial charge on any atom is 0.270 e. The molecule has 0 aliphatic carbocycles. The van der Waals surface area contributed by atoms with E-state index in [1.165, 1.54) is 47.0 Å². The third-order valence-corrected chi connectivity index (χ3v) is 9.01. The number of nitrogens with zero attached hydrogens (tertiary/aromatic N) is 2. The molecule has 0 atom stereocenters. The van der Waals surface area contributed by atoms with E-state index in [4.69, 9.17) is 23.2 Å². The van der Waals surface area contributed by atoms with Gasteiger partial charge in [-0.05, 0) is 61.2 Å². The molecule has 174 valence electrons. The minimum absolute atomic E-state index is 0.0389. The Bertz CT molecular complexity index is 1300. The number of hydrogen-bond acceptors (Lipinski definition) is 5. The summed E-state index contributed by atoms with van der Waals surface area (Å²) in [5.74, 6) is -0.207. The molecule has 0 spiro atoms. The highest BCUT2D eigenvalue weighted by molar-refractivity contribution is 7.89. The van der Waals surface area contributed by atoms with Gasteiger partial charge in [-0.15, -0.1) is 11.3 Å². The van der Waals surface area contributed by atoms with Crippen molar-refractivity contribution in [2.75, 3.05) is 23.8 Å². The predicted molar refractivity (Wildman–Crippen MR) is 135 cm³/mol. The van der Waals surface area contributed by atoms with Crippen LogP contribution < -0.4 is 10.2 Å². The number of thiophene rings is 1. The normalized spacial score (nSPS) is 15.3. The first-order valence-electron chi connectivity index (χ1n) is 10.2. The quantitative estimate of drug-likeness (QED) is 0.463. The number of rotatable bonds is 5. The summed E-state index contributed by atoms with van der Waals surface area (Å²) < 4.78 is 27.0. The number of anilines is 2. The van der Waals surface area contributed by atoms with Gasteiger partial charge in [0.05, 0.1) is 21.3 Å². The molecule has 0 fully saturated rings. The fourth-order valence-corrected chi connectivity index (χ4v) is 6.31. The van der Waals surface area contributed by atoms with Crippen LogP contribution in [-0.4, -0.2) is 37.8 Å². The summed E-state index contributed by atoms with van der Waals surface area (Å²) in [6, 6.07) is 13.6. The van der Waals surface area contributed by atoms with Gasteiger partial charge in [0, 0.05) is 30.7 Å². The number of hydrogen-bond donors (Lipinski definition) is 1. The Kier molecular flexibility index (Phi) is 6.50. The van der Waals surface area contributed by atoms with Crippen LogP contribution in [0.1, 0.15) is 29.1 Å². The third-order valence-electron chi connectivity index (χ3n) is 5.38. The number of carbonyl (C=O) groups is 1. The monoisotopic (exact) mass is 523 g/mol. The molecule has 3 aromatic rings. The van der Waals surface area contributed by atoms with Crippen molar-refractivity contribution in [3.8, 4) is 0 Å². The third kappa shape index (κ3) is 4.76. The maximum absolute atomic E-state index is 13.5. The SMILES string of the molecule is CN(Cc1csc(C(=O)N2CC(C)(C)Nc3ccccc32)c1Cl)S(=O)(=O)c1ccc(Cl)cc1. The second-order valence-electron chi connectivity index (χ2n) is 8.54. The second-order valence-corrected chi connectivity index (χ2v) is 12.3. The summed E-state index contributed by atoms with van der Waals surface area (Å²) in [6.45, 7) is 4.57.